The van der Waals surface area contributed by atoms with Crippen molar-refractivity contribution < 1.29 is 0 Å². The number of nitrogens with one attached hydrogen (secondary N) is 1. The molecule has 0 spiro atoms. The van der Waals surface area contributed by atoms with Crippen molar-refractivity contribution in [2.75, 3.05) is 32.0 Å². The Bertz CT molecular complexity index is 659. The Balaban J connectivity index is 1.80. The number of para-hydroxylation sites is 1. The highest BCUT2D eigenvalue weighted by atomic mass is 15.1. The smallest absolute Gasteiger partial charge is 0.127 e. The van der Waals surface area contributed by atoms with E-state index in [0.29, 0.717) is 11.5 Å². The number of pyridine rings is 1. The average Bonchev–Trinajstić information content (AvgIpc) is 2.90. The molecule has 4 nitrogen and oxygen atoms in total. The van der Waals surface area contributed by atoms with E-state index >= 15 is 0 Å². The predicted octanol–water partition coefficient (Wildman–Crippen LogP) is 2.47. The van der Waals surface area contributed by atoms with E-state index in [4.69, 9.17) is 0 Å². The summed E-state index contributed by atoms with van der Waals surface area (Å²) in [6.45, 7) is 3.22. The third-order valence-electron chi connectivity index (χ3n) is 3.90. The molecular formula is C16H18N4. The molecule has 1 saturated heterocycles. The molecule has 0 saturated carbocycles. The molecule has 1 aromatic heterocycles. The van der Waals surface area contributed by atoms with E-state index in [1.54, 1.807) is 0 Å². The van der Waals surface area contributed by atoms with Gasteiger partial charge < -0.3 is 10.2 Å². The van der Waals surface area contributed by atoms with Crippen LogP contribution in [-0.4, -0.2) is 36.6 Å². The minimum Gasteiger partial charge on any atom is -0.370 e. The molecule has 1 fully saturated rings. The van der Waals surface area contributed by atoms with Gasteiger partial charge in [-0.1, -0.05) is 18.2 Å². The van der Waals surface area contributed by atoms with Crippen molar-refractivity contribution in [3.05, 3.63) is 35.9 Å². The maximum atomic E-state index is 9.26. The molecule has 1 atom stereocenters. The first-order valence-corrected chi connectivity index (χ1v) is 6.98. The van der Waals surface area contributed by atoms with E-state index in [-0.39, 0.29) is 0 Å². The molecule has 1 aromatic carbocycles. The minimum absolute atomic E-state index is 0.666. The number of nitriles is 1. The Morgan fingerprint density at radius 2 is 2.30 bits per heavy atom. The van der Waals surface area contributed by atoms with Crippen molar-refractivity contribution in [3.63, 3.8) is 0 Å². The predicted molar refractivity (Wildman–Crippen MR) is 80.6 cm³/mol. The summed E-state index contributed by atoms with van der Waals surface area (Å²) in [7, 11) is 2.15. The van der Waals surface area contributed by atoms with Gasteiger partial charge >= 0.3 is 0 Å². The lowest BCUT2D eigenvalue weighted by atomic mass is 10.1. The van der Waals surface area contributed by atoms with Gasteiger partial charge in [-0.15, -0.1) is 0 Å². The molecule has 0 bridgehead atoms. The van der Waals surface area contributed by atoms with Crippen LogP contribution in [0.15, 0.2) is 30.3 Å². The van der Waals surface area contributed by atoms with Crippen LogP contribution in [0.1, 0.15) is 12.0 Å². The van der Waals surface area contributed by atoms with E-state index in [9.17, 15) is 5.26 Å². The molecule has 0 radical (unpaired) electrons. The van der Waals surface area contributed by atoms with Gasteiger partial charge in [0.25, 0.3) is 0 Å². The largest absolute Gasteiger partial charge is 0.370 e. The summed E-state index contributed by atoms with van der Waals surface area (Å²) in [6.07, 6.45) is 1.22. The zero-order chi connectivity index (χ0) is 13.9. The first-order valence-electron chi connectivity index (χ1n) is 6.98. The van der Waals surface area contributed by atoms with Crippen molar-refractivity contribution in [3.8, 4) is 6.07 Å². The highest BCUT2D eigenvalue weighted by Gasteiger charge is 2.19. The number of fused-ring (bicyclic) bond motifs is 1. The summed E-state index contributed by atoms with van der Waals surface area (Å²) in [4.78, 5) is 6.94. The first-order chi connectivity index (χ1) is 9.76. The van der Waals surface area contributed by atoms with Crippen LogP contribution < -0.4 is 5.32 Å². The normalized spacial score (nSPS) is 19.1. The van der Waals surface area contributed by atoms with Crippen molar-refractivity contribution in [1.82, 2.24) is 9.88 Å². The standard InChI is InChI=1S/C16H18N4/c1-20-7-6-12(11-20)10-18-16-8-13(9-17)14-4-2-3-5-15(14)19-16/h2-5,8,12H,6-7,10-11H2,1H3,(H,18,19). The highest BCUT2D eigenvalue weighted by molar-refractivity contribution is 5.86. The van der Waals surface area contributed by atoms with Crippen LogP contribution in [0.5, 0.6) is 0 Å². The molecular weight excluding hydrogens is 248 g/mol. The number of anilines is 1. The molecule has 102 valence electrons. The van der Waals surface area contributed by atoms with Gasteiger partial charge in [-0.3, -0.25) is 0 Å². The van der Waals surface area contributed by atoms with Gasteiger partial charge in [-0.25, -0.2) is 4.98 Å². The number of rotatable bonds is 3. The quantitative estimate of drug-likeness (QED) is 0.927. The van der Waals surface area contributed by atoms with E-state index in [2.05, 4.69) is 28.3 Å². The second kappa shape index (κ2) is 5.48. The third-order valence-corrected chi connectivity index (χ3v) is 3.90. The van der Waals surface area contributed by atoms with E-state index in [1.165, 1.54) is 13.0 Å². The first kappa shape index (κ1) is 12.9. The van der Waals surface area contributed by atoms with Crippen LogP contribution in [0, 0.1) is 17.2 Å². The molecule has 1 N–H and O–H groups in total. The Morgan fingerprint density at radius 1 is 1.45 bits per heavy atom. The number of nitrogens with zero attached hydrogens (tertiary/aromatic N) is 3. The number of likely N-dealkylation sites (tertiary alicyclic amines) is 1. The van der Waals surface area contributed by atoms with Crippen molar-refractivity contribution in [2.24, 2.45) is 5.92 Å². The summed E-state index contributed by atoms with van der Waals surface area (Å²) in [5.74, 6) is 1.47. The molecule has 3 rings (SSSR count). The number of hydrogen-bond donors (Lipinski definition) is 1. The molecule has 2 aromatic rings. The van der Waals surface area contributed by atoms with Crippen LogP contribution in [0.4, 0.5) is 5.82 Å². The molecule has 1 unspecified atom stereocenters. The summed E-state index contributed by atoms with van der Waals surface area (Å²) in [6, 6.07) is 11.9. The lowest BCUT2D eigenvalue weighted by molar-refractivity contribution is 0.399. The lowest BCUT2D eigenvalue weighted by Gasteiger charge is -2.13. The Hall–Kier alpha value is -2.12. The number of aromatic nitrogens is 1. The number of hydrogen-bond acceptors (Lipinski definition) is 4. The van der Waals surface area contributed by atoms with Gasteiger partial charge in [0.2, 0.25) is 0 Å². The van der Waals surface area contributed by atoms with Gasteiger partial charge in [-0.05, 0) is 38.1 Å². The second-order valence-electron chi connectivity index (χ2n) is 5.48. The van der Waals surface area contributed by atoms with Crippen LogP contribution in [0.2, 0.25) is 0 Å². The van der Waals surface area contributed by atoms with Gasteiger partial charge in [0.05, 0.1) is 17.1 Å². The Labute approximate surface area is 119 Å². The molecule has 4 heteroatoms. The number of benzene rings is 1. The second-order valence-corrected chi connectivity index (χ2v) is 5.48. The monoisotopic (exact) mass is 266 g/mol. The molecule has 1 aliphatic heterocycles. The van der Waals surface area contributed by atoms with E-state index in [0.717, 1.165) is 29.8 Å². The molecule has 20 heavy (non-hydrogen) atoms. The summed E-state index contributed by atoms with van der Waals surface area (Å²) >= 11 is 0. The van der Waals surface area contributed by atoms with Crippen LogP contribution in [0.3, 0.4) is 0 Å². The molecule has 0 amide bonds. The van der Waals surface area contributed by atoms with E-state index < -0.39 is 0 Å². The zero-order valence-electron chi connectivity index (χ0n) is 11.6. The fraction of sp³-hybridized carbons (Fsp3) is 0.375. The van der Waals surface area contributed by atoms with Gasteiger partial charge in [0.15, 0.2) is 0 Å². The van der Waals surface area contributed by atoms with E-state index in [1.807, 2.05) is 30.3 Å². The van der Waals surface area contributed by atoms with Crippen molar-refractivity contribution >= 4 is 16.7 Å². The lowest BCUT2D eigenvalue weighted by Crippen LogP contribution is -2.19. The molecule has 0 aliphatic carbocycles. The highest BCUT2D eigenvalue weighted by Crippen LogP contribution is 2.21. The Morgan fingerprint density at radius 3 is 3.05 bits per heavy atom. The van der Waals surface area contributed by atoms with Crippen LogP contribution in [0.25, 0.3) is 10.9 Å². The van der Waals surface area contributed by atoms with Gasteiger partial charge in [0, 0.05) is 18.5 Å². The van der Waals surface area contributed by atoms with Crippen molar-refractivity contribution in [2.45, 2.75) is 6.42 Å². The maximum absolute atomic E-state index is 9.26. The van der Waals surface area contributed by atoms with Gasteiger partial charge in [-0.2, -0.15) is 5.26 Å². The van der Waals surface area contributed by atoms with Crippen molar-refractivity contribution in [1.29, 1.82) is 5.26 Å². The fourth-order valence-electron chi connectivity index (χ4n) is 2.80. The third kappa shape index (κ3) is 2.59. The van der Waals surface area contributed by atoms with Crippen LogP contribution in [-0.2, 0) is 0 Å². The fourth-order valence-corrected chi connectivity index (χ4v) is 2.80. The summed E-state index contributed by atoms with van der Waals surface area (Å²) < 4.78 is 0. The molecule has 2 heterocycles. The SMILES string of the molecule is CN1CCC(CNc2cc(C#N)c3ccccc3n2)C1. The minimum atomic E-state index is 0.666. The maximum Gasteiger partial charge on any atom is 0.127 e. The Kier molecular flexibility index (Phi) is 3.53. The van der Waals surface area contributed by atoms with Crippen LogP contribution >= 0.6 is 0 Å². The molecule has 1 aliphatic rings. The topological polar surface area (TPSA) is 52.0 Å². The summed E-state index contributed by atoms with van der Waals surface area (Å²) in [5.41, 5.74) is 1.55. The van der Waals surface area contributed by atoms with Gasteiger partial charge in [0.1, 0.15) is 5.82 Å². The zero-order valence-corrected chi connectivity index (χ0v) is 11.6. The summed E-state index contributed by atoms with van der Waals surface area (Å²) in [5, 5.41) is 13.6. The average molecular weight is 266 g/mol.